The Bertz CT molecular complexity index is 3250. The molecule has 8 N–H and O–H groups in total. The van der Waals surface area contributed by atoms with E-state index in [0.29, 0.717) is 57.2 Å². The van der Waals surface area contributed by atoms with Gasteiger partial charge < -0.3 is 51.3 Å². The van der Waals surface area contributed by atoms with Crippen molar-refractivity contribution < 1.29 is 46.2 Å². The Morgan fingerprint density at radius 2 is 0.987 bits per heavy atom. The van der Waals surface area contributed by atoms with E-state index >= 15 is 0 Å². The maximum absolute atomic E-state index is 14.7. The first-order valence-corrected chi connectivity index (χ1v) is 24.8. The van der Waals surface area contributed by atoms with Crippen molar-refractivity contribution in [1.29, 1.82) is 0 Å². The third-order valence-corrected chi connectivity index (χ3v) is 12.9. The van der Waals surface area contributed by atoms with E-state index in [1.165, 1.54) is 38.6 Å². The van der Waals surface area contributed by atoms with Crippen molar-refractivity contribution in [3.8, 4) is 22.8 Å². The summed E-state index contributed by atoms with van der Waals surface area (Å²) >= 11 is 0. The fraction of sp³-hybridized carbons (Fsp3) is 0.308. The standard InChI is InChI=1S/2C26H26F2N8O3/c2*1-29-26(38)39-13-14-5-6-30-21(7-14)25(37)35-17-4-2-3-16(9-17)34-24-20(28)12-33-23(36-24)19-11-32-22-18(19)8-15(27)10-31-22/h2*5-8,10-12,16-17H,2-4,9,13H2,1H3,(H,29,38)(H,31,32)(H,35,37)(H,33,34,36)/t2*16-,17+/m10/s1. The predicted molar refractivity (Wildman–Crippen MR) is 275 cm³/mol. The number of anilines is 2. The van der Waals surface area contributed by atoms with Crippen LogP contribution in [-0.4, -0.2) is 112 Å². The third-order valence-electron chi connectivity index (χ3n) is 12.9. The lowest BCUT2D eigenvalue weighted by molar-refractivity contribution is 0.0912. The van der Waals surface area contributed by atoms with Crippen LogP contribution in [0.2, 0.25) is 0 Å². The van der Waals surface area contributed by atoms with Gasteiger partial charge >= 0.3 is 12.2 Å². The summed E-state index contributed by atoms with van der Waals surface area (Å²) in [5.74, 6) is -2.42. The fourth-order valence-corrected chi connectivity index (χ4v) is 9.15. The molecule has 0 aromatic carbocycles. The SMILES string of the molecule is CNC(=O)OCc1ccnc(C(=O)N[C@@H]2CCC[C@H](Nc3nc(-c4c[nH]c5ncc(F)cc45)ncc3F)C2)c1.CNC(=O)OCc1ccnc(C(=O)N[C@H]2CCC[C@@H](Nc3nc(-c4c[nH]c5ncc(F)cc45)ncc3F)C2)c1. The molecule has 404 valence electrons. The highest BCUT2D eigenvalue weighted by molar-refractivity contribution is 5.94. The van der Waals surface area contributed by atoms with Gasteiger partial charge in [0.15, 0.2) is 34.9 Å². The molecule has 2 saturated carbocycles. The lowest BCUT2D eigenvalue weighted by Crippen LogP contribution is -2.42. The first kappa shape index (κ1) is 53.5. The Balaban J connectivity index is 0.000000190. The third kappa shape index (κ3) is 13.4. The van der Waals surface area contributed by atoms with Gasteiger partial charge in [-0.25, -0.2) is 57.1 Å². The van der Waals surface area contributed by atoms with E-state index in [4.69, 9.17) is 9.47 Å². The van der Waals surface area contributed by atoms with Crippen LogP contribution in [0.3, 0.4) is 0 Å². The summed E-state index contributed by atoms with van der Waals surface area (Å²) in [6.07, 6.45) is 15.1. The van der Waals surface area contributed by atoms with E-state index in [2.05, 4.69) is 81.7 Å². The monoisotopic (exact) mass is 1070 g/mol. The Morgan fingerprint density at radius 3 is 1.41 bits per heavy atom. The second kappa shape index (κ2) is 24.5. The number of aromatic amines is 2. The summed E-state index contributed by atoms with van der Waals surface area (Å²) in [7, 11) is 2.92. The van der Waals surface area contributed by atoms with Gasteiger partial charge in [0, 0.05) is 84.9 Å². The molecule has 0 unspecified atom stereocenters. The highest BCUT2D eigenvalue weighted by Gasteiger charge is 2.28. The van der Waals surface area contributed by atoms with Crippen LogP contribution in [0.1, 0.15) is 83.5 Å². The molecule has 0 radical (unpaired) electrons. The van der Waals surface area contributed by atoms with E-state index in [9.17, 15) is 36.7 Å². The van der Waals surface area contributed by atoms with Crippen molar-refractivity contribution in [2.45, 2.75) is 88.7 Å². The first-order valence-electron chi connectivity index (χ1n) is 24.8. The van der Waals surface area contributed by atoms with E-state index < -0.39 is 35.5 Å². The molecule has 8 aromatic heterocycles. The van der Waals surface area contributed by atoms with Crippen LogP contribution >= 0.6 is 0 Å². The minimum absolute atomic E-state index is 0.00832. The first-order chi connectivity index (χ1) is 37.8. The van der Waals surface area contributed by atoms with Crippen LogP contribution in [0.15, 0.2) is 86.0 Å². The molecule has 8 heterocycles. The van der Waals surface area contributed by atoms with Crippen molar-refractivity contribution in [2.75, 3.05) is 24.7 Å². The van der Waals surface area contributed by atoms with Crippen molar-refractivity contribution in [2.24, 2.45) is 0 Å². The number of rotatable bonds is 14. The van der Waals surface area contributed by atoms with Gasteiger partial charge in [0.2, 0.25) is 0 Å². The molecule has 26 heteroatoms. The molecule has 8 aromatic rings. The number of carbonyl (C=O) groups is 4. The van der Waals surface area contributed by atoms with E-state index in [1.54, 1.807) is 36.7 Å². The maximum atomic E-state index is 14.7. The summed E-state index contributed by atoms with van der Waals surface area (Å²) < 4.78 is 66.9. The largest absolute Gasteiger partial charge is 0.445 e. The number of ether oxygens (including phenoxy) is 2. The number of amides is 4. The summed E-state index contributed by atoms with van der Waals surface area (Å²) in [5.41, 5.74) is 3.63. The second-order valence-corrected chi connectivity index (χ2v) is 18.4. The molecular weight excluding hydrogens is 1020 g/mol. The summed E-state index contributed by atoms with van der Waals surface area (Å²) in [4.78, 5) is 87.4. The number of pyridine rings is 4. The van der Waals surface area contributed by atoms with Crippen LogP contribution in [0.4, 0.5) is 38.8 Å². The molecule has 4 atom stereocenters. The minimum atomic E-state index is -0.617. The molecule has 0 aliphatic heterocycles. The zero-order valence-electron chi connectivity index (χ0n) is 42.0. The smallest absolute Gasteiger partial charge is 0.407 e. The van der Waals surface area contributed by atoms with Crippen molar-refractivity contribution in [3.05, 3.63) is 132 Å². The topological polar surface area (TPSA) is 294 Å². The lowest BCUT2D eigenvalue weighted by Gasteiger charge is -2.30. The molecule has 2 aliphatic rings. The molecule has 0 saturated heterocycles. The molecular formula is C52H52F4N16O6. The Hall–Kier alpha value is -9.36. The number of nitrogens with one attached hydrogen (secondary N) is 8. The molecule has 22 nitrogen and oxygen atoms in total. The highest BCUT2D eigenvalue weighted by atomic mass is 19.1. The Morgan fingerprint density at radius 1 is 0.564 bits per heavy atom. The molecule has 78 heavy (non-hydrogen) atoms. The number of aromatic nitrogens is 10. The van der Waals surface area contributed by atoms with Crippen molar-refractivity contribution in [1.82, 2.24) is 71.1 Å². The minimum Gasteiger partial charge on any atom is -0.445 e. The molecule has 0 spiro atoms. The van der Waals surface area contributed by atoms with E-state index in [1.807, 2.05) is 0 Å². The lowest BCUT2D eigenvalue weighted by atomic mass is 9.91. The van der Waals surface area contributed by atoms with E-state index in [0.717, 1.165) is 63.3 Å². The molecule has 10 rings (SSSR count). The Labute approximate surface area is 441 Å². The quantitative estimate of drug-likeness (QED) is 0.0492. The van der Waals surface area contributed by atoms with Gasteiger partial charge in [-0.3, -0.25) is 19.6 Å². The molecule has 2 fully saturated rings. The van der Waals surface area contributed by atoms with Crippen LogP contribution in [-0.2, 0) is 22.7 Å². The van der Waals surface area contributed by atoms with Gasteiger partial charge in [-0.05, 0) is 98.9 Å². The van der Waals surface area contributed by atoms with Crippen LogP contribution in [0.5, 0.6) is 0 Å². The van der Waals surface area contributed by atoms with Gasteiger partial charge in [-0.15, -0.1) is 0 Å². The summed E-state index contributed by atoms with van der Waals surface area (Å²) in [6.45, 7) is 0.0166. The number of hydrogen-bond donors (Lipinski definition) is 8. The van der Waals surface area contributed by atoms with Gasteiger partial charge in [0.05, 0.1) is 24.8 Å². The number of carbonyl (C=O) groups excluding carboxylic acids is 4. The predicted octanol–water partition coefficient (Wildman–Crippen LogP) is 7.40. The molecule has 0 bridgehead atoms. The van der Waals surface area contributed by atoms with Crippen LogP contribution < -0.4 is 31.9 Å². The normalized spacial score (nSPS) is 17.0. The number of fused-ring (bicyclic) bond motifs is 2. The molecule has 4 amide bonds. The number of alkyl carbamates (subject to hydrolysis) is 2. The number of halogens is 4. The Kier molecular flexibility index (Phi) is 16.8. The highest BCUT2D eigenvalue weighted by Crippen LogP contribution is 2.31. The van der Waals surface area contributed by atoms with Gasteiger partial charge in [0.25, 0.3) is 11.8 Å². The average Bonchev–Trinajstić information content (AvgIpc) is 4.09. The number of nitrogens with zero attached hydrogens (tertiary/aromatic N) is 8. The van der Waals surface area contributed by atoms with Gasteiger partial charge in [0.1, 0.15) is 47.5 Å². The van der Waals surface area contributed by atoms with Gasteiger partial charge in [-0.2, -0.15) is 0 Å². The van der Waals surface area contributed by atoms with Crippen molar-refractivity contribution in [3.63, 3.8) is 0 Å². The van der Waals surface area contributed by atoms with Crippen LogP contribution in [0, 0.1) is 23.3 Å². The second-order valence-electron chi connectivity index (χ2n) is 18.4. The summed E-state index contributed by atoms with van der Waals surface area (Å²) in [6, 6.07) is 8.48. The number of H-pyrrole nitrogens is 2. The van der Waals surface area contributed by atoms with E-state index in [-0.39, 0.29) is 83.9 Å². The summed E-state index contributed by atoms with van der Waals surface area (Å²) in [5, 5.41) is 18.0. The maximum Gasteiger partial charge on any atom is 0.407 e. The number of hydrogen-bond acceptors (Lipinski definition) is 16. The van der Waals surface area contributed by atoms with Crippen LogP contribution in [0.25, 0.3) is 44.8 Å². The fourth-order valence-electron chi connectivity index (χ4n) is 9.15. The van der Waals surface area contributed by atoms with Crippen molar-refractivity contribution >= 4 is 57.7 Å². The molecule has 2 aliphatic carbocycles. The average molecular weight is 1070 g/mol. The zero-order valence-corrected chi connectivity index (χ0v) is 42.0. The van der Waals surface area contributed by atoms with Gasteiger partial charge in [-0.1, -0.05) is 0 Å². The zero-order chi connectivity index (χ0) is 54.7.